The standard InChI is InChI=1S/C20H30ClN5O.HI/c1-22-20(26(5)15-18-12-17(21)14-25(18)4)23-13-16-8-6-7-9-19(16)27-11-10-24(2)3;/h6-9,12,14H,10-11,13,15H2,1-5H3,(H,22,23);1H. The summed E-state index contributed by atoms with van der Waals surface area (Å²) in [4.78, 5) is 8.57. The van der Waals surface area contributed by atoms with Gasteiger partial charge in [-0.2, -0.15) is 0 Å². The van der Waals surface area contributed by atoms with Crippen molar-refractivity contribution >= 4 is 41.5 Å². The number of hydrogen-bond donors (Lipinski definition) is 1. The van der Waals surface area contributed by atoms with Crippen molar-refractivity contribution < 1.29 is 4.74 Å². The number of aliphatic imine (C=N–C) groups is 1. The van der Waals surface area contributed by atoms with E-state index in [4.69, 9.17) is 16.3 Å². The first-order valence-electron chi connectivity index (χ1n) is 8.98. The van der Waals surface area contributed by atoms with E-state index in [1.165, 1.54) is 0 Å². The van der Waals surface area contributed by atoms with Crippen molar-refractivity contribution in [3.8, 4) is 5.75 Å². The summed E-state index contributed by atoms with van der Waals surface area (Å²) in [5.41, 5.74) is 2.23. The van der Waals surface area contributed by atoms with Gasteiger partial charge in [0.2, 0.25) is 0 Å². The van der Waals surface area contributed by atoms with E-state index < -0.39 is 0 Å². The normalized spacial score (nSPS) is 11.3. The number of ether oxygens (including phenoxy) is 1. The fraction of sp³-hybridized carbons (Fsp3) is 0.450. The van der Waals surface area contributed by atoms with Crippen LogP contribution >= 0.6 is 35.6 Å². The van der Waals surface area contributed by atoms with Crippen LogP contribution in [0.5, 0.6) is 5.75 Å². The van der Waals surface area contributed by atoms with Crippen LogP contribution in [0.1, 0.15) is 11.3 Å². The summed E-state index contributed by atoms with van der Waals surface area (Å²) in [6, 6.07) is 10.1. The number of nitrogens with zero attached hydrogens (tertiary/aromatic N) is 4. The fourth-order valence-electron chi connectivity index (χ4n) is 2.73. The zero-order valence-corrected chi connectivity index (χ0v) is 20.4. The second-order valence-electron chi connectivity index (χ2n) is 6.78. The fourth-order valence-corrected chi connectivity index (χ4v) is 3.00. The average molecular weight is 520 g/mol. The molecular weight excluding hydrogens is 489 g/mol. The van der Waals surface area contributed by atoms with E-state index in [2.05, 4.69) is 26.2 Å². The van der Waals surface area contributed by atoms with Gasteiger partial charge in [0.05, 0.1) is 11.6 Å². The topological polar surface area (TPSA) is 45.0 Å². The van der Waals surface area contributed by atoms with Gasteiger partial charge >= 0.3 is 0 Å². The SMILES string of the molecule is CN=C(NCc1ccccc1OCCN(C)C)N(C)Cc1cc(Cl)cn1C.I. The van der Waals surface area contributed by atoms with Crippen molar-refractivity contribution in [2.45, 2.75) is 13.1 Å². The molecule has 0 atom stereocenters. The largest absolute Gasteiger partial charge is 0.492 e. The van der Waals surface area contributed by atoms with Gasteiger partial charge < -0.3 is 24.4 Å². The molecule has 8 heteroatoms. The summed E-state index contributed by atoms with van der Waals surface area (Å²) in [7, 11) is 9.87. The highest BCUT2D eigenvalue weighted by molar-refractivity contribution is 14.0. The highest BCUT2D eigenvalue weighted by Crippen LogP contribution is 2.18. The van der Waals surface area contributed by atoms with Gasteiger partial charge in [-0.1, -0.05) is 29.8 Å². The maximum atomic E-state index is 6.08. The first-order valence-corrected chi connectivity index (χ1v) is 9.36. The lowest BCUT2D eigenvalue weighted by molar-refractivity contribution is 0.259. The Balaban J connectivity index is 0.00000392. The van der Waals surface area contributed by atoms with Crippen LogP contribution in [0.3, 0.4) is 0 Å². The van der Waals surface area contributed by atoms with Crippen molar-refractivity contribution in [1.29, 1.82) is 0 Å². The first-order chi connectivity index (χ1) is 12.9. The zero-order valence-electron chi connectivity index (χ0n) is 17.3. The molecule has 28 heavy (non-hydrogen) atoms. The molecule has 0 saturated heterocycles. The Bertz CT molecular complexity index is 763. The minimum Gasteiger partial charge on any atom is -0.492 e. The molecule has 0 aliphatic heterocycles. The molecule has 0 amide bonds. The smallest absolute Gasteiger partial charge is 0.194 e. The molecule has 0 bridgehead atoms. The second kappa shape index (κ2) is 12.2. The third kappa shape index (κ3) is 7.52. The van der Waals surface area contributed by atoms with Crippen molar-refractivity contribution in [1.82, 2.24) is 19.7 Å². The summed E-state index contributed by atoms with van der Waals surface area (Å²) in [6.45, 7) is 2.89. The van der Waals surface area contributed by atoms with Crippen LogP contribution in [0.15, 0.2) is 41.5 Å². The lowest BCUT2D eigenvalue weighted by atomic mass is 10.2. The molecular formula is C20H31ClIN5O. The Hall–Kier alpha value is -1.45. The summed E-state index contributed by atoms with van der Waals surface area (Å²) in [5, 5.41) is 4.16. The third-order valence-corrected chi connectivity index (χ3v) is 4.46. The molecule has 0 aliphatic carbocycles. The number of rotatable bonds is 8. The van der Waals surface area contributed by atoms with Crippen LogP contribution in [-0.2, 0) is 20.1 Å². The van der Waals surface area contributed by atoms with Crippen LogP contribution < -0.4 is 10.1 Å². The molecule has 2 rings (SSSR count). The molecule has 1 N–H and O–H groups in total. The van der Waals surface area contributed by atoms with Gasteiger partial charge in [-0.25, -0.2) is 0 Å². The monoisotopic (exact) mass is 519 g/mol. The number of benzene rings is 1. The van der Waals surface area contributed by atoms with Crippen LogP contribution in [0, 0.1) is 0 Å². The van der Waals surface area contributed by atoms with Crippen molar-refractivity contribution in [3.05, 3.63) is 52.8 Å². The van der Waals surface area contributed by atoms with Gasteiger partial charge in [0.25, 0.3) is 0 Å². The lowest BCUT2D eigenvalue weighted by Crippen LogP contribution is -2.38. The Morgan fingerprint density at radius 3 is 2.57 bits per heavy atom. The summed E-state index contributed by atoms with van der Waals surface area (Å²) in [6.07, 6.45) is 1.90. The Morgan fingerprint density at radius 2 is 1.96 bits per heavy atom. The molecule has 0 aliphatic rings. The van der Waals surface area contributed by atoms with Gasteiger partial charge in [-0.3, -0.25) is 4.99 Å². The zero-order chi connectivity index (χ0) is 19.8. The lowest BCUT2D eigenvalue weighted by Gasteiger charge is -2.23. The van der Waals surface area contributed by atoms with Gasteiger partial charge in [0.15, 0.2) is 5.96 Å². The number of aryl methyl sites for hydroxylation is 1. The summed E-state index contributed by atoms with van der Waals surface area (Å²) in [5.74, 6) is 1.72. The summed E-state index contributed by atoms with van der Waals surface area (Å²) < 4.78 is 7.96. The van der Waals surface area contributed by atoms with E-state index in [0.717, 1.165) is 34.5 Å². The number of guanidine groups is 1. The molecule has 0 unspecified atom stereocenters. The predicted molar refractivity (Wildman–Crippen MR) is 128 cm³/mol. The van der Waals surface area contributed by atoms with Crippen LogP contribution in [0.4, 0.5) is 0 Å². The minimum absolute atomic E-state index is 0. The average Bonchev–Trinajstić information content (AvgIpc) is 2.93. The van der Waals surface area contributed by atoms with Gasteiger partial charge in [-0.05, 0) is 26.2 Å². The highest BCUT2D eigenvalue weighted by atomic mass is 127. The molecule has 0 saturated carbocycles. The summed E-state index contributed by atoms with van der Waals surface area (Å²) >= 11 is 6.08. The van der Waals surface area contributed by atoms with E-state index in [1.807, 2.05) is 63.2 Å². The molecule has 2 aromatic rings. The third-order valence-electron chi connectivity index (χ3n) is 4.25. The van der Waals surface area contributed by atoms with Crippen LogP contribution in [0.25, 0.3) is 0 Å². The number of para-hydroxylation sites is 1. The molecule has 1 aromatic heterocycles. The van der Waals surface area contributed by atoms with E-state index in [1.54, 1.807) is 7.05 Å². The van der Waals surface area contributed by atoms with E-state index in [-0.39, 0.29) is 24.0 Å². The number of aromatic nitrogens is 1. The van der Waals surface area contributed by atoms with Gasteiger partial charge in [0.1, 0.15) is 12.4 Å². The van der Waals surface area contributed by atoms with E-state index in [9.17, 15) is 0 Å². The molecule has 0 radical (unpaired) electrons. The quantitative estimate of drug-likeness (QED) is 0.330. The molecule has 0 fully saturated rings. The molecule has 1 aromatic carbocycles. The number of halogens is 2. The van der Waals surface area contributed by atoms with Gasteiger partial charge in [-0.15, -0.1) is 24.0 Å². The number of nitrogens with one attached hydrogen (secondary N) is 1. The molecule has 6 nitrogen and oxygen atoms in total. The van der Waals surface area contributed by atoms with E-state index >= 15 is 0 Å². The van der Waals surface area contributed by atoms with Crippen molar-refractivity contribution in [3.63, 3.8) is 0 Å². The number of hydrogen-bond acceptors (Lipinski definition) is 3. The van der Waals surface area contributed by atoms with Crippen molar-refractivity contribution in [2.24, 2.45) is 12.0 Å². The maximum Gasteiger partial charge on any atom is 0.194 e. The number of likely N-dealkylation sites (N-methyl/N-ethyl adjacent to an activating group) is 1. The molecule has 0 spiro atoms. The van der Waals surface area contributed by atoms with Crippen LogP contribution in [-0.4, -0.2) is 61.7 Å². The van der Waals surface area contributed by atoms with Crippen LogP contribution in [0.2, 0.25) is 5.02 Å². The van der Waals surface area contributed by atoms with E-state index in [0.29, 0.717) is 19.7 Å². The highest BCUT2D eigenvalue weighted by Gasteiger charge is 2.11. The predicted octanol–water partition coefficient (Wildman–Crippen LogP) is 3.44. The van der Waals surface area contributed by atoms with Crippen molar-refractivity contribution in [2.75, 3.05) is 41.3 Å². The minimum atomic E-state index is 0. The second-order valence-corrected chi connectivity index (χ2v) is 7.21. The molecule has 1 heterocycles. The van der Waals surface area contributed by atoms with Gasteiger partial charge in [0, 0.05) is 51.7 Å². The Morgan fingerprint density at radius 1 is 1.25 bits per heavy atom. The Labute approximate surface area is 190 Å². The maximum absolute atomic E-state index is 6.08. The molecule has 156 valence electrons. The first kappa shape index (κ1) is 24.6. The Kier molecular flexibility index (Phi) is 10.7.